The molecule has 5 heteroatoms. The number of hydrogen-bond donors (Lipinski definition) is 1. The van der Waals surface area contributed by atoms with Crippen LogP contribution in [0.25, 0.3) is 11.3 Å². The van der Waals surface area contributed by atoms with E-state index < -0.39 is 0 Å². The van der Waals surface area contributed by atoms with Gasteiger partial charge in [-0.25, -0.2) is 0 Å². The first-order valence-electron chi connectivity index (χ1n) is 9.77. The van der Waals surface area contributed by atoms with Crippen LogP contribution in [-0.2, 0) is 17.9 Å². The molecule has 1 unspecified atom stereocenters. The number of aliphatic hydroxyl groups excluding tert-OH is 1. The molecule has 1 aliphatic rings. The van der Waals surface area contributed by atoms with Crippen molar-refractivity contribution in [2.24, 2.45) is 0 Å². The number of amides is 1. The molecule has 0 aliphatic carbocycles. The van der Waals surface area contributed by atoms with Crippen molar-refractivity contribution in [3.8, 4) is 11.3 Å². The molecule has 4 rings (SSSR count). The molecule has 1 aliphatic heterocycles. The Morgan fingerprint density at radius 1 is 1.14 bits per heavy atom. The van der Waals surface area contributed by atoms with E-state index in [9.17, 15) is 9.90 Å². The smallest absolute Gasteiger partial charge is 0.224 e. The van der Waals surface area contributed by atoms with Crippen LogP contribution < -0.4 is 0 Å². The monoisotopic (exact) mass is 375 g/mol. The number of aliphatic hydroxyl groups is 1. The van der Waals surface area contributed by atoms with Gasteiger partial charge in [0.2, 0.25) is 5.91 Å². The zero-order valence-electron chi connectivity index (χ0n) is 15.9. The summed E-state index contributed by atoms with van der Waals surface area (Å²) in [5.74, 6) is 0.582. The first-order valence-corrected chi connectivity index (χ1v) is 9.77. The van der Waals surface area contributed by atoms with E-state index in [0.717, 1.165) is 42.9 Å². The molecular weight excluding hydrogens is 350 g/mol. The van der Waals surface area contributed by atoms with Gasteiger partial charge in [-0.05, 0) is 41.8 Å². The summed E-state index contributed by atoms with van der Waals surface area (Å²) in [6.07, 6.45) is 7.36. The number of rotatable bonds is 6. The van der Waals surface area contributed by atoms with Crippen molar-refractivity contribution >= 4 is 5.91 Å². The summed E-state index contributed by atoms with van der Waals surface area (Å²) in [5.41, 5.74) is 4.10. The molecule has 144 valence electrons. The fraction of sp³-hybridized carbons (Fsp3) is 0.304. The first kappa shape index (κ1) is 18.4. The second kappa shape index (κ2) is 8.40. The molecule has 3 aromatic rings. The summed E-state index contributed by atoms with van der Waals surface area (Å²) in [4.78, 5) is 19.0. The number of benzene rings is 1. The van der Waals surface area contributed by atoms with Gasteiger partial charge in [0.25, 0.3) is 0 Å². The second-order valence-corrected chi connectivity index (χ2v) is 7.33. The van der Waals surface area contributed by atoms with Crippen LogP contribution in [0.3, 0.4) is 0 Å². The van der Waals surface area contributed by atoms with Crippen molar-refractivity contribution in [1.29, 1.82) is 0 Å². The number of hydrogen-bond acceptors (Lipinski definition) is 3. The molecule has 1 saturated heterocycles. The predicted octanol–water partition coefficient (Wildman–Crippen LogP) is 3.45. The average molecular weight is 375 g/mol. The molecule has 0 saturated carbocycles. The molecule has 1 fully saturated rings. The Balaban J connectivity index is 1.40. The highest BCUT2D eigenvalue weighted by Gasteiger charge is 2.27. The number of aryl methyl sites for hydroxylation is 1. The third-order valence-corrected chi connectivity index (χ3v) is 5.48. The number of likely N-dealkylation sites (tertiary alicyclic amines) is 1. The summed E-state index contributed by atoms with van der Waals surface area (Å²) in [5, 5.41) is 9.20. The standard InChI is InChI=1S/C23H25N3O2/c27-17-18-3-5-19(6-4-18)22-15-20(7-10-24-22)21-8-14-26(16-21)23(28)9-13-25-11-1-2-12-25/h1-7,10-12,15,21,27H,8-9,13-14,16-17H2. The van der Waals surface area contributed by atoms with Crippen LogP contribution in [0.5, 0.6) is 0 Å². The fourth-order valence-electron chi connectivity index (χ4n) is 3.80. The molecule has 1 N–H and O–H groups in total. The minimum absolute atomic E-state index is 0.0457. The van der Waals surface area contributed by atoms with E-state index in [1.165, 1.54) is 5.56 Å². The Hall–Kier alpha value is -2.92. The van der Waals surface area contributed by atoms with Crippen LogP contribution in [0.4, 0.5) is 0 Å². The molecule has 1 aromatic carbocycles. The van der Waals surface area contributed by atoms with Gasteiger partial charge in [0.05, 0.1) is 12.3 Å². The molecule has 2 aromatic heterocycles. The van der Waals surface area contributed by atoms with Crippen LogP contribution in [0.15, 0.2) is 67.1 Å². The molecule has 1 atom stereocenters. The summed E-state index contributed by atoms with van der Waals surface area (Å²) in [6, 6.07) is 16.0. The molecular formula is C23H25N3O2. The number of carbonyl (C=O) groups is 1. The van der Waals surface area contributed by atoms with Crippen molar-refractivity contribution in [2.75, 3.05) is 13.1 Å². The van der Waals surface area contributed by atoms with Crippen molar-refractivity contribution in [1.82, 2.24) is 14.5 Å². The number of carbonyl (C=O) groups excluding carboxylic acids is 1. The SMILES string of the molecule is O=C(CCn1cccc1)N1CCC(c2ccnc(-c3ccc(CO)cc3)c2)C1. The Kier molecular flexibility index (Phi) is 5.53. The number of aromatic nitrogens is 2. The Morgan fingerprint density at radius 2 is 1.93 bits per heavy atom. The van der Waals surface area contributed by atoms with Crippen molar-refractivity contribution in [3.05, 3.63) is 78.2 Å². The summed E-state index contributed by atoms with van der Waals surface area (Å²) >= 11 is 0. The van der Waals surface area contributed by atoms with Gasteiger partial charge in [-0.1, -0.05) is 24.3 Å². The highest BCUT2D eigenvalue weighted by molar-refractivity contribution is 5.76. The second-order valence-electron chi connectivity index (χ2n) is 7.33. The van der Waals surface area contributed by atoms with Crippen LogP contribution in [0.2, 0.25) is 0 Å². The van der Waals surface area contributed by atoms with Crippen LogP contribution in [0, 0.1) is 0 Å². The number of nitrogens with zero attached hydrogens (tertiary/aromatic N) is 3. The Morgan fingerprint density at radius 3 is 2.68 bits per heavy atom. The van der Waals surface area contributed by atoms with Gasteiger partial charge >= 0.3 is 0 Å². The Bertz CT molecular complexity index is 919. The maximum atomic E-state index is 12.5. The van der Waals surface area contributed by atoms with Gasteiger partial charge in [-0.2, -0.15) is 0 Å². The third kappa shape index (κ3) is 4.15. The van der Waals surface area contributed by atoms with Gasteiger partial charge in [0.15, 0.2) is 0 Å². The lowest BCUT2D eigenvalue weighted by Gasteiger charge is -2.17. The van der Waals surface area contributed by atoms with E-state index in [4.69, 9.17) is 0 Å². The lowest BCUT2D eigenvalue weighted by atomic mass is 9.97. The molecule has 5 nitrogen and oxygen atoms in total. The van der Waals surface area contributed by atoms with E-state index >= 15 is 0 Å². The fourth-order valence-corrected chi connectivity index (χ4v) is 3.80. The lowest BCUT2D eigenvalue weighted by Crippen LogP contribution is -2.29. The molecule has 0 bridgehead atoms. The molecule has 28 heavy (non-hydrogen) atoms. The maximum absolute atomic E-state index is 12.5. The summed E-state index contributed by atoms with van der Waals surface area (Å²) in [7, 11) is 0. The first-order chi connectivity index (χ1) is 13.7. The van der Waals surface area contributed by atoms with Gasteiger partial charge in [-0.15, -0.1) is 0 Å². The van der Waals surface area contributed by atoms with Crippen LogP contribution in [0.1, 0.15) is 29.9 Å². The zero-order chi connectivity index (χ0) is 19.3. The summed E-state index contributed by atoms with van der Waals surface area (Å²) < 4.78 is 2.04. The van der Waals surface area contributed by atoms with Crippen molar-refractivity contribution < 1.29 is 9.90 Å². The lowest BCUT2D eigenvalue weighted by molar-refractivity contribution is -0.130. The molecule has 0 spiro atoms. The third-order valence-electron chi connectivity index (χ3n) is 5.48. The highest BCUT2D eigenvalue weighted by atomic mass is 16.3. The highest BCUT2D eigenvalue weighted by Crippen LogP contribution is 2.29. The van der Waals surface area contributed by atoms with Crippen LogP contribution >= 0.6 is 0 Å². The van der Waals surface area contributed by atoms with E-state index in [1.54, 1.807) is 0 Å². The summed E-state index contributed by atoms with van der Waals surface area (Å²) in [6.45, 7) is 2.37. The number of pyridine rings is 1. The van der Waals surface area contributed by atoms with Crippen LogP contribution in [-0.4, -0.2) is 38.6 Å². The average Bonchev–Trinajstić information content (AvgIpc) is 3.44. The zero-order valence-corrected chi connectivity index (χ0v) is 15.9. The van der Waals surface area contributed by atoms with Crippen molar-refractivity contribution in [2.45, 2.75) is 31.9 Å². The van der Waals surface area contributed by atoms with Gasteiger partial charge in [0.1, 0.15) is 0 Å². The van der Waals surface area contributed by atoms with E-state index in [0.29, 0.717) is 12.3 Å². The van der Waals surface area contributed by atoms with Crippen molar-refractivity contribution in [3.63, 3.8) is 0 Å². The minimum Gasteiger partial charge on any atom is -0.392 e. The topological polar surface area (TPSA) is 58.4 Å². The van der Waals surface area contributed by atoms with E-state index in [-0.39, 0.29) is 12.5 Å². The van der Waals surface area contributed by atoms with Gasteiger partial charge < -0.3 is 14.6 Å². The molecule has 0 radical (unpaired) electrons. The largest absolute Gasteiger partial charge is 0.392 e. The normalized spacial score (nSPS) is 16.5. The molecule has 1 amide bonds. The minimum atomic E-state index is 0.0457. The van der Waals surface area contributed by atoms with Gasteiger partial charge in [-0.3, -0.25) is 9.78 Å². The maximum Gasteiger partial charge on any atom is 0.224 e. The van der Waals surface area contributed by atoms with Gasteiger partial charge in [0, 0.05) is 56.1 Å². The van der Waals surface area contributed by atoms with E-state index in [1.807, 2.05) is 64.5 Å². The van der Waals surface area contributed by atoms with E-state index in [2.05, 4.69) is 17.1 Å². The Labute approximate surface area is 165 Å². The molecule has 3 heterocycles. The quantitative estimate of drug-likeness (QED) is 0.718. The predicted molar refractivity (Wildman–Crippen MR) is 109 cm³/mol.